The molecule has 0 saturated heterocycles. The molecule has 3 heteroatoms. The van der Waals surface area contributed by atoms with Crippen molar-refractivity contribution in [3.05, 3.63) is 48.3 Å². The van der Waals surface area contributed by atoms with Gasteiger partial charge >= 0.3 is 0 Å². The first-order chi connectivity index (χ1) is 12.8. The number of hydrogen-bond donors (Lipinski definition) is 0. The van der Waals surface area contributed by atoms with Gasteiger partial charge in [0.15, 0.2) is 6.29 Å². The first-order valence-corrected chi connectivity index (χ1v) is 10.2. The van der Waals surface area contributed by atoms with Crippen LogP contribution in [0.4, 0.5) is 0 Å². The zero-order valence-electron chi connectivity index (χ0n) is 16.2. The van der Waals surface area contributed by atoms with Crippen molar-refractivity contribution in [2.45, 2.75) is 71.1 Å². The lowest BCUT2D eigenvalue weighted by Crippen LogP contribution is -1.99. The van der Waals surface area contributed by atoms with Crippen LogP contribution in [0.3, 0.4) is 0 Å². The molecule has 0 atom stereocenters. The van der Waals surface area contributed by atoms with Gasteiger partial charge in [0.1, 0.15) is 5.75 Å². The number of rotatable bonds is 14. The second-order valence-corrected chi connectivity index (χ2v) is 6.95. The van der Waals surface area contributed by atoms with E-state index < -0.39 is 0 Å². The Morgan fingerprint density at radius 3 is 2.08 bits per heavy atom. The Morgan fingerprint density at radius 2 is 1.46 bits per heavy atom. The van der Waals surface area contributed by atoms with Crippen LogP contribution < -0.4 is 4.74 Å². The van der Waals surface area contributed by atoms with Crippen molar-refractivity contribution in [3.8, 4) is 11.4 Å². The predicted octanol–water partition coefficient (Wildman–Crippen LogP) is 6.59. The summed E-state index contributed by atoms with van der Waals surface area (Å²) in [6.07, 6.45) is 16.1. The molecule has 0 unspecified atom stereocenters. The number of carbonyl (C=O) groups excluding carboxylic acids is 1. The van der Waals surface area contributed by atoms with E-state index in [9.17, 15) is 4.79 Å². The molecule has 0 amide bonds. The predicted molar refractivity (Wildman–Crippen MR) is 108 cm³/mol. The lowest BCUT2D eigenvalue weighted by Gasteiger charge is -2.09. The summed E-state index contributed by atoms with van der Waals surface area (Å²) < 4.78 is 7.70. The van der Waals surface area contributed by atoms with Crippen LogP contribution in [0.5, 0.6) is 5.75 Å². The number of benzene rings is 1. The quantitative estimate of drug-likeness (QED) is 0.283. The van der Waals surface area contributed by atoms with E-state index in [1.54, 1.807) is 0 Å². The van der Waals surface area contributed by atoms with E-state index in [1.807, 2.05) is 47.2 Å². The van der Waals surface area contributed by atoms with Crippen molar-refractivity contribution in [2.24, 2.45) is 0 Å². The van der Waals surface area contributed by atoms with Crippen LogP contribution in [-0.4, -0.2) is 17.5 Å². The average molecular weight is 356 g/mol. The molecule has 0 bridgehead atoms. The molecule has 1 heterocycles. The molecule has 0 N–H and O–H groups in total. The Balaban J connectivity index is 1.56. The van der Waals surface area contributed by atoms with Gasteiger partial charge in [-0.2, -0.15) is 0 Å². The zero-order chi connectivity index (χ0) is 18.5. The summed E-state index contributed by atoms with van der Waals surface area (Å²) in [6, 6.07) is 11.6. The Labute approximate surface area is 158 Å². The molecule has 0 saturated carbocycles. The highest BCUT2D eigenvalue weighted by Crippen LogP contribution is 2.18. The van der Waals surface area contributed by atoms with Gasteiger partial charge in [0, 0.05) is 11.9 Å². The second kappa shape index (κ2) is 12.3. The third-order valence-corrected chi connectivity index (χ3v) is 4.78. The third-order valence-electron chi connectivity index (χ3n) is 4.78. The molecule has 0 spiro atoms. The molecule has 142 valence electrons. The summed E-state index contributed by atoms with van der Waals surface area (Å²) in [7, 11) is 0. The van der Waals surface area contributed by atoms with Crippen LogP contribution in [0.2, 0.25) is 0 Å². The minimum Gasteiger partial charge on any atom is -0.494 e. The molecular weight excluding hydrogens is 322 g/mol. The molecule has 0 aliphatic rings. The van der Waals surface area contributed by atoms with Crippen LogP contribution in [0.25, 0.3) is 5.69 Å². The van der Waals surface area contributed by atoms with Crippen LogP contribution in [0.1, 0.15) is 81.6 Å². The maximum atomic E-state index is 11.0. The molecule has 0 radical (unpaired) electrons. The summed E-state index contributed by atoms with van der Waals surface area (Å²) in [5.41, 5.74) is 1.63. The highest BCUT2D eigenvalue weighted by atomic mass is 16.5. The van der Waals surface area contributed by atoms with Crippen LogP contribution in [0.15, 0.2) is 42.6 Å². The Bertz CT molecular complexity index is 615. The van der Waals surface area contributed by atoms with Crippen molar-refractivity contribution in [2.75, 3.05) is 6.61 Å². The Morgan fingerprint density at radius 1 is 0.846 bits per heavy atom. The third kappa shape index (κ3) is 7.07. The van der Waals surface area contributed by atoms with Gasteiger partial charge in [-0.15, -0.1) is 0 Å². The largest absolute Gasteiger partial charge is 0.494 e. The molecule has 2 rings (SSSR count). The summed E-state index contributed by atoms with van der Waals surface area (Å²) in [6.45, 7) is 3.04. The van der Waals surface area contributed by atoms with E-state index in [1.165, 1.54) is 57.8 Å². The number of carbonyl (C=O) groups is 1. The van der Waals surface area contributed by atoms with E-state index in [2.05, 4.69) is 6.92 Å². The number of aldehydes is 1. The van der Waals surface area contributed by atoms with Crippen LogP contribution >= 0.6 is 0 Å². The van der Waals surface area contributed by atoms with Crippen LogP contribution in [-0.2, 0) is 0 Å². The van der Waals surface area contributed by atoms with Crippen molar-refractivity contribution < 1.29 is 9.53 Å². The van der Waals surface area contributed by atoms with Crippen LogP contribution in [0, 0.1) is 0 Å². The maximum Gasteiger partial charge on any atom is 0.166 e. The van der Waals surface area contributed by atoms with E-state index in [4.69, 9.17) is 4.74 Å². The highest BCUT2D eigenvalue weighted by Gasteiger charge is 2.02. The summed E-state index contributed by atoms with van der Waals surface area (Å²) in [5.74, 6) is 0.893. The fraction of sp³-hybridized carbons (Fsp3) is 0.522. The standard InChI is InChI=1S/C23H33NO2/c1-2-3-4-5-6-7-8-9-10-11-19-26-23-16-14-21(15-17-23)24-18-12-13-22(24)20-25/h12-18,20H,2-11,19H2,1H3. The lowest BCUT2D eigenvalue weighted by molar-refractivity contribution is 0.111. The number of aromatic nitrogens is 1. The normalized spacial score (nSPS) is 10.8. The Hall–Kier alpha value is -2.03. The molecule has 1 aromatic heterocycles. The van der Waals surface area contributed by atoms with Crippen molar-refractivity contribution in [1.29, 1.82) is 0 Å². The minimum absolute atomic E-state index is 0.657. The van der Waals surface area contributed by atoms with Gasteiger partial charge in [-0.05, 0) is 42.8 Å². The van der Waals surface area contributed by atoms with Gasteiger partial charge in [0.2, 0.25) is 0 Å². The number of unbranched alkanes of at least 4 members (excludes halogenated alkanes) is 9. The van der Waals surface area contributed by atoms with Gasteiger partial charge in [-0.25, -0.2) is 0 Å². The van der Waals surface area contributed by atoms with E-state index in [0.29, 0.717) is 5.69 Å². The second-order valence-electron chi connectivity index (χ2n) is 6.95. The first kappa shape index (κ1) is 20.3. The Kier molecular flexibility index (Phi) is 9.63. The van der Waals surface area contributed by atoms with Gasteiger partial charge in [0.25, 0.3) is 0 Å². The summed E-state index contributed by atoms with van der Waals surface area (Å²) in [4.78, 5) is 11.0. The molecule has 0 aliphatic heterocycles. The molecule has 0 fully saturated rings. The average Bonchev–Trinajstić information content (AvgIpc) is 3.15. The number of nitrogens with zero attached hydrogens (tertiary/aromatic N) is 1. The molecule has 0 aliphatic carbocycles. The topological polar surface area (TPSA) is 31.2 Å². The van der Waals surface area contributed by atoms with Crippen molar-refractivity contribution in [1.82, 2.24) is 4.57 Å². The first-order valence-electron chi connectivity index (χ1n) is 10.2. The van der Waals surface area contributed by atoms with Crippen molar-refractivity contribution >= 4 is 6.29 Å². The van der Waals surface area contributed by atoms with E-state index >= 15 is 0 Å². The molecule has 26 heavy (non-hydrogen) atoms. The van der Waals surface area contributed by atoms with Gasteiger partial charge in [0.05, 0.1) is 12.3 Å². The smallest absolute Gasteiger partial charge is 0.166 e. The summed E-state index contributed by atoms with van der Waals surface area (Å²) in [5, 5.41) is 0. The maximum absolute atomic E-state index is 11.0. The molecule has 3 nitrogen and oxygen atoms in total. The molecule has 1 aromatic carbocycles. The SMILES string of the molecule is CCCCCCCCCCCCOc1ccc(-n2cccc2C=O)cc1. The van der Waals surface area contributed by atoms with Gasteiger partial charge in [-0.3, -0.25) is 4.79 Å². The molecular formula is C23H33NO2. The zero-order valence-corrected chi connectivity index (χ0v) is 16.2. The van der Waals surface area contributed by atoms with Gasteiger partial charge in [-0.1, -0.05) is 64.7 Å². The van der Waals surface area contributed by atoms with E-state index in [0.717, 1.165) is 30.8 Å². The monoisotopic (exact) mass is 355 g/mol. The van der Waals surface area contributed by atoms with Gasteiger partial charge < -0.3 is 9.30 Å². The fourth-order valence-electron chi connectivity index (χ4n) is 3.21. The lowest BCUT2D eigenvalue weighted by atomic mass is 10.1. The molecule has 2 aromatic rings. The minimum atomic E-state index is 0.657. The number of ether oxygens (including phenoxy) is 1. The highest BCUT2D eigenvalue weighted by molar-refractivity contribution is 5.73. The van der Waals surface area contributed by atoms with Crippen molar-refractivity contribution in [3.63, 3.8) is 0 Å². The fourth-order valence-corrected chi connectivity index (χ4v) is 3.21. The summed E-state index contributed by atoms with van der Waals surface area (Å²) >= 11 is 0. The van der Waals surface area contributed by atoms with E-state index in [-0.39, 0.29) is 0 Å². The number of hydrogen-bond acceptors (Lipinski definition) is 2.